The number of hydrogen-bond donors (Lipinski definition) is 1. The van der Waals surface area contributed by atoms with Crippen LogP contribution in [0.3, 0.4) is 0 Å². The van der Waals surface area contributed by atoms with Crippen molar-refractivity contribution in [3.8, 4) is 6.07 Å². The fourth-order valence-electron chi connectivity index (χ4n) is 2.90. The lowest BCUT2D eigenvalue weighted by Gasteiger charge is -2.31. The normalized spacial score (nSPS) is 23.1. The first-order valence-corrected chi connectivity index (χ1v) is 6.63. The molecule has 1 heterocycles. The molecule has 2 atom stereocenters. The summed E-state index contributed by atoms with van der Waals surface area (Å²) >= 11 is 0. The number of hydrogen-bond acceptors (Lipinski definition) is 3. The number of nitriles is 1. The zero-order chi connectivity index (χ0) is 13.1. The van der Waals surface area contributed by atoms with E-state index in [1.165, 1.54) is 12.8 Å². The van der Waals surface area contributed by atoms with Crippen LogP contribution in [-0.2, 0) is 6.61 Å². The summed E-state index contributed by atoms with van der Waals surface area (Å²) in [6.07, 6.45) is 3.49. The Bertz CT molecular complexity index is 464. The van der Waals surface area contributed by atoms with Gasteiger partial charge in [-0.3, -0.25) is 0 Å². The topological polar surface area (TPSA) is 47.3 Å². The van der Waals surface area contributed by atoms with Crippen molar-refractivity contribution >= 4 is 5.69 Å². The smallest absolute Gasteiger partial charge is 0.101 e. The maximum atomic E-state index is 9.29. The van der Waals surface area contributed by atoms with Crippen molar-refractivity contribution in [2.75, 3.05) is 4.90 Å². The minimum atomic E-state index is -0.0122. The van der Waals surface area contributed by atoms with Crippen LogP contribution in [-0.4, -0.2) is 17.2 Å². The molecule has 1 N–H and O–H groups in total. The lowest BCUT2D eigenvalue weighted by molar-refractivity contribution is 0.282. The third-order valence-corrected chi connectivity index (χ3v) is 3.90. The number of aliphatic hydroxyl groups is 1. The Labute approximate surface area is 109 Å². The van der Waals surface area contributed by atoms with E-state index in [4.69, 9.17) is 5.11 Å². The third-order valence-electron chi connectivity index (χ3n) is 3.90. The summed E-state index contributed by atoms with van der Waals surface area (Å²) in [5.74, 6) is 0. The van der Waals surface area contributed by atoms with E-state index in [0.717, 1.165) is 17.7 Å². The number of benzene rings is 1. The van der Waals surface area contributed by atoms with E-state index >= 15 is 0 Å². The van der Waals surface area contributed by atoms with Crippen molar-refractivity contribution in [3.63, 3.8) is 0 Å². The molecule has 1 aliphatic heterocycles. The SMILES string of the molecule is CCC1CCC(C)N1c1ccc(CO)cc1C#N. The van der Waals surface area contributed by atoms with Gasteiger partial charge in [0.15, 0.2) is 0 Å². The molecule has 0 aliphatic carbocycles. The summed E-state index contributed by atoms with van der Waals surface area (Å²) in [5, 5.41) is 18.4. The fourth-order valence-corrected chi connectivity index (χ4v) is 2.90. The third kappa shape index (κ3) is 2.21. The largest absolute Gasteiger partial charge is 0.392 e. The van der Waals surface area contributed by atoms with E-state index in [-0.39, 0.29) is 6.61 Å². The van der Waals surface area contributed by atoms with Crippen LogP contribution < -0.4 is 4.90 Å². The molecule has 1 saturated heterocycles. The molecule has 2 rings (SSSR count). The summed E-state index contributed by atoms with van der Waals surface area (Å²) < 4.78 is 0. The Morgan fingerprint density at radius 1 is 1.44 bits per heavy atom. The van der Waals surface area contributed by atoms with E-state index < -0.39 is 0 Å². The minimum absolute atomic E-state index is 0.0122. The van der Waals surface area contributed by atoms with Crippen molar-refractivity contribution in [1.29, 1.82) is 5.26 Å². The van der Waals surface area contributed by atoms with Gasteiger partial charge in [0.2, 0.25) is 0 Å². The Balaban J connectivity index is 2.41. The zero-order valence-corrected chi connectivity index (χ0v) is 11.1. The first-order chi connectivity index (χ1) is 8.71. The molecule has 0 amide bonds. The van der Waals surface area contributed by atoms with Gasteiger partial charge in [-0.25, -0.2) is 0 Å². The van der Waals surface area contributed by atoms with Gasteiger partial charge >= 0.3 is 0 Å². The van der Waals surface area contributed by atoms with Gasteiger partial charge in [0.05, 0.1) is 17.9 Å². The highest BCUT2D eigenvalue weighted by Crippen LogP contribution is 2.34. The molecular formula is C15H20N2O. The molecule has 18 heavy (non-hydrogen) atoms. The van der Waals surface area contributed by atoms with Crippen LogP contribution in [0.1, 0.15) is 44.2 Å². The van der Waals surface area contributed by atoms with Gasteiger partial charge in [-0.15, -0.1) is 0 Å². The molecule has 3 nitrogen and oxygen atoms in total. The Kier molecular flexibility index (Phi) is 3.88. The molecule has 1 aromatic carbocycles. The van der Waals surface area contributed by atoms with E-state index in [1.54, 1.807) is 6.07 Å². The number of rotatable bonds is 3. The molecule has 0 aromatic heterocycles. The average Bonchev–Trinajstić information content (AvgIpc) is 2.78. The zero-order valence-electron chi connectivity index (χ0n) is 11.1. The standard InChI is InChI=1S/C15H20N2O/c1-3-14-6-4-11(2)17(14)15-7-5-12(10-18)8-13(15)9-16/h5,7-8,11,14,18H,3-4,6,10H2,1-2H3. The second-order valence-electron chi connectivity index (χ2n) is 5.02. The molecule has 0 bridgehead atoms. The fraction of sp³-hybridized carbons (Fsp3) is 0.533. The van der Waals surface area contributed by atoms with Crippen LogP contribution in [0.25, 0.3) is 0 Å². The molecule has 0 radical (unpaired) electrons. The Hall–Kier alpha value is -1.53. The summed E-state index contributed by atoms with van der Waals surface area (Å²) in [5.41, 5.74) is 2.50. The van der Waals surface area contributed by atoms with Crippen LogP contribution in [0, 0.1) is 11.3 Å². The monoisotopic (exact) mass is 244 g/mol. The highest BCUT2D eigenvalue weighted by atomic mass is 16.3. The highest BCUT2D eigenvalue weighted by Gasteiger charge is 2.30. The second kappa shape index (κ2) is 5.41. The van der Waals surface area contributed by atoms with Crippen LogP contribution in [0.4, 0.5) is 5.69 Å². The molecule has 96 valence electrons. The highest BCUT2D eigenvalue weighted by molar-refractivity contribution is 5.62. The summed E-state index contributed by atoms with van der Waals surface area (Å²) in [4.78, 5) is 2.37. The molecule has 1 aromatic rings. The van der Waals surface area contributed by atoms with Crippen molar-refractivity contribution in [2.24, 2.45) is 0 Å². The van der Waals surface area contributed by atoms with Gasteiger partial charge in [0.1, 0.15) is 6.07 Å². The molecule has 3 heteroatoms. The van der Waals surface area contributed by atoms with Crippen LogP contribution in [0.15, 0.2) is 18.2 Å². The van der Waals surface area contributed by atoms with Gasteiger partial charge < -0.3 is 10.0 Å². The second-order valence-corrected chi connectivity index (χ2v) is 5.02. The Morgan fingerprint density at radius 3 is 2.83 bits per heavy atom. The van der Waals surface area contributed by atoms with Crippen LogP contribution >= 0.6 is 0 Å². The molecule has 1 aliphatic rings. The molecule has 2 unspecified atom stereocenters. The van der Waals surface area contributed by atoms with E-state index in [2.05, 4.69) is 24.8 Å². The quantitative estimate of drug-likeness (QED) is 0.889. The van der Waals surface area contributed by atoms with Crippen molar-refractivity contribution < 1.29 is 5.11 Å². The van der Waals surface area contributed by atoms with Gasteiger partial charge in [0.25, 0.3) is 0 Å². The average molecular weight is 244 g/mol. The predicted molar refractivity (Wildman–Crippen MR) is 72.3 cm³/mol. The first kappa shape index (κ1) is 12.9. The van der Waals surface area contributed by atoms with Gasteiger partial charge in [-0.2, -0.15) is 5.26 Å². The number of aliphatic hydroxyl groups excluding tert-OH is 1. The van der Waals surface area contributed by atoms with E-state index in [1.807, 2.05) is 12.1 Å². The van der Waals surface area contributed by atoms with E-state index in [9.17, 15) is 5.26 Å². The Morgan fingerprint density at radius 2 is 2.22 bits per heavy atom. The minimum Gasteiger partial charge on any atom is -0.392 e. The van der Waals surface area contributed by atoms with Crippen molar-refractivity contribution in [3.05, 3.63) is 29.3 Å². The number of nitrogens with zero attached hydrogens (tertiary/aromatic N) is 2. The van der Waals surface area contributed by atoms with Crippen LogP contribution in [0.5, 0.6) is 0 Å². The molecular weight excluding hydrogens is 224 g/mol. The maximum absolute atomic E-state index is 9.29. The molecule has 1 fully saturated rings. The molecule has 0 saturated carbocycles. The maximum Gasteiger partial charge on any atom is 0.101 e. The van der Waals surface area contributed by atoms with Gasteiger partial charge in [0, 0.05) is 12.1 Å². The van der Waals surface area contributed by atoms with E-state index in [0.29, 0.717) is 17.6 Å². The first-order valence-electron chi connectivity index (χ1n) is 6.63. The van der Waals surface area contributed by atoms with Crippen LogP contribution in [0.2, 0.25) is 0 Å². The van der Waals surface area contributed by atoms with Crippen molar-refractivity contribution in [1.82, 2.24) is 0 Å². The summed E-state index contributed by atoms with van der Waals surface area (Å²) in [6.45, 7) is 4.41. The molecule has 0 spiro atoms. The van der Waals surface area contributed by atoms with Crippen molar-refractivity contribution in [2.45, 2.75) is 51.8 Å². The predicted octanol–water partition coefficient (Wildman–Crippen LogP) is 2.82. The summed E-state index contributed by atoms with van der Waals surface area (Å²) in [6, 6.07) is 8.97. The van der Waals surface area contributed by atoms with Gasteiger partial charge in [-0.1, -0.05) is 13.0 Å². The lowest BCUT2D eigenvalue weighted by atomic mass is 10.1. The summed E-state index contributed by atoms with van der Waals surface area (Å²) in [7, 11) is 0. The number of anilines is 1. The van der Waals surface area contributed by atoms with Gasteiger partial charge in [-0.05, 0) is 43.9 Å². The lowest BCUT2D eigenvalue weighted by Crippen LogP contribution is -2.34.